The molecular formula is C8H13N3O4. The van der Waals surface area contributed by atoms with Crippen molar-refractivity contribution in [3.05, 3.63) is 10.4 Å². The number of carbonyl (C=O) groups excluding carboxylic acids is 1. The van der Waals surface area contributed by atoms with Crippen LogP contribution in [0.5, 0.6) is 0 Å². The number of carbonyl (C=O) groups is 1. The molecule has 0 saturated carbocycles. The average Bonchev–Trinajstić information content (AvgIpc) is 2.16. The first kappa shape index (κ1) is 11.8. The van der Waals surface area contributed by atoms with Crippen molar-refractivity contribution >= 4 is 5.97 Å². The summed E-state index contributed by atoms with van der Waals surface area (Å²) < 4.78 is 10.1. The summed E-state index contributed by atoms with van der Waals surface area (Å²) in [6, 6.07) is -0.729. The Morgan fingerprint density at radius 2 is 2.40 bits per heavy atom. The van der Waals surface area contributed by atoms with Gasteiger partial charge in [-0.1, -0.05) is 5.11 Å². The standard InChI is InChI=1S/C8H13N3O4/c1-4-7(10-11-9)8(13)6(3-14-4)15-5(2)12/h4,6-8,13H,3H2,1-2H3/t4-,6-,7-,8-/m1/s1. The van der Waals surface area contributed by atoms with E-state index in [1.807, 2.05) is 0 Å². The zero-order valence-corrected chi connectivity index (χ0v) is 8.53. The Labute approximate surface area is 86.6 Å². The van der Waals surface area contributed by atoms with E-state index in [-0.39, 0.29) is 12.7 Å². The number of azide groups is 1. The summed E-state index contributed by atoms with van der Waals surface area (Å²) in [6.45, 7) is 3.04. The van der Waals surface area contributed by atoms with Crippen LogP contribution in [0.25, 0.3) is 10.4 Å². The number of hydrogen-bond donors (Lipinski definition) is 1. The van der Waals surface area contributed by atoms with Crippen LogP contribution in [0.2, 0.25) is 0 Å². The van der Waals surface area contributed by atoms with Gasteiger partial charge in [0.1, 0.15) is 6.10 Å². The van der Waals surface area contributed by atoms with E-state index in [2.05, 4.69) is 10.0 Å². The van der Waals surface area contributed by atoms with E-state index in [1.165, 1.54) is 6.92 Å². The number of esters is 1. The lowest BCUT2D eigenvalue weighted by Crippen LogP contribution is -2.52. The fourth-order valence-electron chi connectivity index (χ4n) is 1.48. The third-order valence-electron chi connectivity index (χ3n) is 2.24. The van der Waals surface area contributed by atoms with Gasteiger partial charge in [0.25, 0.3) is 0 Å². The summed E-state index contributed by atoms with van der Waals surface area (Å²) in [5, 5.41) is 13.2. The molecular weight excluding hydrogens is 202 g/mol. The summed E-state index contributed by atoms with van der Waals surface area (Å²) in [5.41, 5.74) is 8.31. The molecule has 0 bridgehead atoms. The van der Waals surface area contributed by atoms with E-state index >= 15 is 0 Å². The normalized spacial score (nSPS) is 35.4. The predicted molar refractivity (Wildman–Crippen MR) is 49.9 cm³/mol. The highest BCUT2D eigenvalue weighted by atomic mass is 16.6. The Bertz CT molecular complexity index is 290. The minimum atomic E-state index is -1.02. The molecule has 1 aliphatic heterocycles. The van der Waals surface area contributed by atoms with Gasteiger partial charge in [-0.2, -0.15) is 0 Å². The second-order valence-corrected chi connectivity index (χ2v) is 3.37. The van der Waals surface area contributed by atoms with Crippen molar-refractivity contribution in [1.82, 2.24) is 0 Å². The topological polar surface area (TPSA) is 105 Å². The molecule has 15 heavy (non-hydrogen) atoms. The van der Waals surface area contributed by atoms with Gasteiger partial charge < -0.3 is 14.6 Å². The smallest absolute Gasteiger partial charge is 0.303 e. The molecule has 1 saturated heterocycles. The summed E-state index contributed by atoms with van der Waals surface area (Å²) in [4.78, 5) is 13.3. The third kappa shape index (κ3) is 2.82. The van der Waals surface area contributed by atoms with Gasteiger partial charge in [0, 0.05) is 11.8 Å². The molecule has 0 radical (unpaired) electrons. The van der Waals surface area contributed by atoms with Crippen molar-refractivity contribution < 1.29 is 19.4 Å². The molecule has 1 aliphatic rings. The van der Waals surface area contributed by atoms with Crippen LogP contribution in [0.4, 0.5) is 0 Å². The predicted octanol–water partition coefficient (Wildman–Crippen LogP) is 0.377. The Balaban J connectivity index is 2.71. The van der Waals surface area contributed by atoms with Crippen LogP contribution in [0.1, 0.15) is 13.8 Å². The highest BCUT2D eigenvalue weighted by molar-refractivity contribution is 5.66. The molecule has 0 spiro atoms. The van der Waals surface area contributed by atoms with E-state index in [9.17, 15) is 9.90 Å². The monoisotopic (exact) mass is 215 g/mol. The number of ether oxygens (including phenoxy) is 2. The van der Waals surface area contributed by atoms with Crippen LogP contribution >= 0.6 is 0 Å². The first-order chi connectivity index (χ1) is 7.06. The third-order valence-corrected chi connectivity index (χ3v) is 2.24. The number of nitrogens with zero attached hydrogens (tertiary/aromatic N) is 3. The van der Waals surface area contributed by atoms with Crippen molar-refractivity contribution in [2.45, 2.75) is 38.2 Å². The molecule has 0 amide bonds. The van der Waals surface area contributed by atoms with Crippen molar-refractivity contribution in [2.24, 2.45) is 5.11 Å². The molecule has 84 valence electrons. The van der Waals surface area contributed by atoms with Gasteiger partial charge in [0.15, 0.2) is 6.10 Å². The second kappa shape index (κ2) is 4.97. The Hall–Kier alpha value is -1.30. The number of aliphatic hydroxyl groups is 1. The lowest BCUT2D eigenvalue weighted by Gasteiger charge is -2.35. The highest BCUT2D eigenvalue weighted by Crippen LogP contribution is 2.20. The quantitative estimate of drug-likeness (QED) is 0.311. The molecule has 4 atom stereocenters. The van der Waals surface area contributed by atoms with Crippen molar-refractivity contribution in [2.75, 3.05) is 6.61 Å². The zero-order valence-electron chi connectivity index (χ0n) is 8.53. The van der Waals surface area contributed by atoms with Crippen molar-refractivity contribution in [3.63, 3.8) is 0 Å². The minimum absolute atomic E-state index is 0.110. The SMILES string of the molecule is CC(=O)O[C@@H]1CO[C@H](C)[C@@H](N=[N+]=[N-])[C@@H]1O. The average molecular weight is 215 g/mol. The minimum Gasteiger partial charge on any atom is -0.457 e. The van der Waals surface area contributed by atoms with Crippen LogP contribution in [-0.2, 0) is 14.3 Å². The first-order valence-electron chi connectivity index (χ1n) is 4.57. The molecule has 0 aromatic carbocycles. The number of hydrogen-bond acceptors (Lipinski definition) is 5. The largest absolute Gasteiger partial charge is 0.457 e. The molecule has 0 aromatic rings. The van der Waals surface area contributed by atoms with Crippen LogP contribution in [0.15, 0.2) is 5.11 Å². The molecule has 1 rings (SSSR count). The highest BCUT2D eigenvalue weighted by Gasteiger charge is 2.38. The summed E-state index contributed by atoms with van der Waals surface area (Å²) in [6.07, 6.45) is -2.18. The maximum absolute atomic E-state index is 10.7. The van der Waals surface area contributed by atoms with E-state index in [0.29, 0.717) is 0 Å². The van der Waals surface area contributed by atoms with Gasteiger partial charge in [-0.05, 0) is 12.5 Å². The molecule has 1 fully saturated rings. The van der Waals surface area contributed by atoms with Crippen LogP contribution in [0.3, 0.4) is 0 Å². The summed E-state index contributed by atoms with van der Waals surface area (Å²) in [5.74, 6) is -0.503. The van der Waals surface area contributed by atoms with E-state index < -0.39 is 24.2 Å². The van der Waals surface area contributed by atoms with Crippen LogP contribution in [0, 0.1) is 0 Å². The maximum Gasteiger partial charge on any atom is 0.303 e. The van der Waals surface area contributed by atoms with Crippen molar-refractivity contribution in [3.8, 4) is 0 Å². The molecule has 0 aliphatic carbocycles. The molecule has 0 aromatic heterocycles. The van der Waals surface area contributed by atoms with Crippen LogP contribution in [-0.4, -0.2) is 42.0 Å². The second-order valence-electron chi connectivity index (χ2n) is 3.37. The lowest BCUT2D eigenvalue weighted by atomic mass is 9.99. The first-order valence-corrected chi connectivity index (χ1v) is 4.57. The van der Waals surface area contributed by atoms with E-state index in [0.717, 1.165) is 0 Å². The fourth-order valence-corrected chi connectivity index (χ4v) is 1.48. The maximum atomic E-state index is 10.7. The summed E-state index contributed by atoms with van der Waals surface area (Å²) >= 11 is 0. The Morgan fingerprint density at radius 1 is 1.73 bits per heavy atom. The zero-order chi connectivity index (χ0) is 11.4. The Morgan fingerprint density at radius 3 is 2.93 bits per heavy atom. The molecule has 7 nitrogen and oxygen atoms in total. The van der Waals surface area contributed by atoms with Crippen molar-refractivity contribution in [1.29, 1.82) is 0 Å². The number of aliphatic hydroxyl groups excluding tert-OH is 1. The van der Waals surface area contributed by atoms with Gasteiger partial charge in [0.2, 0.25) is 0 Å². The Kier molecular flexibility index (Phi) is 3.90. The molecule has 1 heterocycles. The van der Waals surface area contributed by atoms with Gasteiger partial charge >= 0.3 is 5.97 Å². The van der Waals surface area contributed by atoms with Gasteiger partial charge in [-0.25, -0.2) is 0 Å². The summed E-state index contributed by atoms with van der Waals surface area (Å²) in [7, 11) is 0. The van der Waals surface area contributed by atoms with Gasteiger partial charge in [-0.3, -0.25) is 4.79 Å². The molecule has 7 heteroatoms. The van der Waals surface area contributed by atoms with E-state index in [1.54, 1.807) is 6.92 Å². The van der Waals surface area contributed by atoms with E-state index in [4.69, 9.17) is 15.0 Å². The van der Waals surface area contributed by atoms with Crippen LogP contribution < -0.4 is 0 Å². The van der Waals surface area contributed by atoms with Gasteiger partial charge in [0.05, 0.1) is 18.8 Å². The lowest BCUT2D eigenvalue weighted by molar-refractivity contribution is -0.174. The fraction of sp³-hybridized carbons (Fsp3) is 0.875. The van der Waals surface area contributed by atoms with Gasteiger partial charge in [-0.15, -0.1) is 0 Å². The molecule has 0 unspecified atom stereocenters. The number of rotatable bonds is 2. The molecule has 1 N–H and O–H groups in total.